The predicted molar refractivity (Wildman–Crippen MR) is 124 cm³/mol. The van der Waals surface area contributed by atoms with E-state index in [9.17, 15) is 9.59 Å². The van der Waals surface area contributed by atoms with Crippen LogP contribution in [-0.2, 0) is 22.6 Å². The normalized spacial score (nSPS) is 11.8. The molecule has 2 aromatic rings. The van der Waals surface area contributed by atoms with Crippen molar-refractivity contribution in [2.24, 2.45) is 0 Å². The van der Waals surface area contributed by atoms with Gasteiger partial charge >= 0.3 is 0 Å². The van der Waals surface area contributed by atoms with E-state index in [-0.39, 0.29) is 24.8 Å². The van der Waals surface area contributed by atoms with Crippen LogP contribution in [-0.4, -0.2) is 29.3 Å². The lowest BCUT2D eigenvalue weighted by atomic mass is 10.1. The molecule has 0 aliphatic rings. The number of hydrogen-bond acceptors (Lipinski definition) is 2. The summed E-state index contributed by atoms with van der Waals surface area (Å²) < 4.78 is 0. The lowest BCUT2D eigenvalue weighted by Gasteiger charge is -2.31. The molecule has 7 heteroatoms. The van der Waals surface area contributed by atoms with Crippen LogP contribution in [0, 0.1) is 0 Å². The summed E-state index contributed by atoms with van der Waals surface area (Å²) in [7, 11) is 0. The Labute approximate surface area is 193 Å². The molecule has 30 heavy (non-hydrogen) atoms. The van der Waals surface area contributed by atoms with E-state index in [1.54, 1.807) is 23.1 Å². The van der Waals surface area contributed by atoms with Crippen LogP contribution in [0.4, 0.5) is 0 Å². The minimum atomic E-state index is -0.591. The fraction of sp³-hybridized carbons (Fsp3) is 0.391. The molecule has 0 radical (unpaired) electrons. The van der Waals surface area contributed by atoms with E-state index >= 15 is 0 Å². The number of benzene rings is 2. The molecule has 0 aliphatic heterocycles. The minimum absolute atomic E-state index is 0.111. The van der Waals surface area contributed by atoms with Crippen LogP contribution in [0.15, 0.2) is 42.5 Å². The quantitative estimate of drug-likeness (QED) is 0.440. The first-order valence-corrected chi connectivity index (χ1v) is 11.2. The van der Waals surface area contributed by atoms with Crippen molar-refractivity contribution in [3.8, 4) is 0 Å². The van der Waals surface area contributed by atoms with Crippen molar-refractivity contribution in [3.63, 3.8) is 0 Å². The van der Waals surface area contributed by atoms with E-state index in [4.69, 9.17) is 34.8 Å². The monoisotopic (exact) mass is 468 g/mol. The number of halogens is 3. The van der Waals surface area contributed by atoms with Gasteiger partial charge in [0.2, 0.25) is 11.8 Å². The van der Waals surface area contributed by atoms with Gasteiger partial charge in [0.15, 0.2) is 0 Å². The summed E-state index contributed by atoms with van der Waals surface area (Å²) in [5.41, 5.74) is 1.53. The van der Waals surface area contributed by atoms with Crippen molar-refractivity contribution < 1.29 is 9.59 Å². The average Bonchev–Trinajstić information content (AvgIpc) is 2.72. The molecule has 162 valence electrons. The first-order chi connectivity index (χ1) is 14.4. The summed E-state index contributed by atoms with van der Waals surface area (Å²) in [6.07, 6.45) is 2.48. The maximum absolute atomic E-state index is 13.3. The van der Waals surface area contributed by atoms with Gasteiger partial charge in [-0.25, -0.2) is 0 Å². The van der Waals surface area contributed by atoms with Gasteiger partial charge in [-0.3, -0.25) is 9.59 Å². The first kappa shape index (κ1) is 24.5. The minimum Gasteiger partial charge on any atom is -0.354 e. The highest BCUT2D eigenvalue weighted by Gasteiger charge is 2.29. The Morgan fingerprint density at radius 3 is 2.37 bits per heavy atom. The van der Waals surface area contributed by atoms with Gasteiger partial charge in [0, 0.05) is 18.1 Å². The Hall–Kier alpha value is -1.75. The lowest BCUT2D eigenvalue weighted by molar-refractivity contribution is -0.140. The fourth-order valence-electron chi connectivity index (χ4n) is 3.17. The number of nitrogens with one attached hydrogen (secondary N) is 1. The van der Waals surface area contributed by atoms with E-state index < -0.39 is 6.04 Å². The Morgan fingerprint density at radius 1 is 1.00 bits per heavy atom. The number of unbranched alkanes of at least 4 members (excludes halogenated alkanes) is 1. The van der Waals surface area contributed by atoms with Crippen molar-refractivity contribution in [2.45, 2.75) is 52.1 Å². The van der Waals surface area contributed by atoms with Gasteiger partial charge in [-0.15, -0.1) is 0 Å². The van der Waals surface area contributed by atoms with Crippen molar-refractivity contribution in [1.29, 1.82) is 0 Å². The Bertz CT molecular complexity index is 873. The third-order valence-corrected chi connectivity index (χ3v) is 5.96. The molecule has 2 rings (SSSR count). The molecule has 0 unspecified atom stereocenters. The van der Waals surface area contributed by atoms with Gasteiger partial charge < -0.3 is 10.2 Å². The number of carbonyl (C=O) groups excluding carboxylic acids is 2. The summed E-state index contributed by atoms with van der Waals surface area (Å²) in [6, 6.07) is 11.9. The highest BCUT2D eigenvalue weighted by atomic mass is 35.5. The second-order valence-electron chi connectivity index (χ2n) is 7.11. The van der Waals surface area contributed by atoms with Gasteiger partial charge in [0.25, 0.3) is 0 Å². The van der Waals surface area contributed by atoms with E-state index in [2.05, 4.69) is 12.2 Å². The van der Waals surface area contributed by atoms with Crippen molar-refractivity contribution in [3.05, 3.63) is 68.7 Å². The predicted octanol–water partition coefficient (Wildman–Crippen LogP) is 5.91. The van der Waals surface area contributed by atoms with Crippen molar-refractivity contribution in [1.82, 2.24) is 10.2 Å². The average molecular weight is 470 g/mol. The van der Waals surface area contributed by atoms with Crippen LogP contribution in [0.1, 0.15) is 44.2 Å². The Kier molecular flexibility index (Phi) is 9.96. The maximum atomic E-state index is 13.3. The van der Waals surface area contributed by atoms with Crippen LogP contribution in [0.25, 0.3) is 0 Å². The highest BCUT2D eigenvalue weighted by molar-refractivity contribution is 6.42. The Balaban J connectivity index is 2.29. The second-order valence-corrected chi connectivity index (χ2v) is 8.33. The van der Waals surface area contributed by atoms with E-state index in [1.165, 1.54) is 0 Å². The molecule has 0 spiro atoms. The number of nitrogens with zero attached hydrogens (tertiary/aromatic N) is 1. The molecule has 0 aromatic heterocycles. The van der Waals surface area contributed by atoms with Gasteiger partial charge in [-0.1, -0.05) is 79.3 Å². The molecule has 2 aromatic carbocycles. The Morgan fingerprint density at radius 2 is 1.73 bits per heavy atom. The first-order valence-electron chi connectivity index (χ1n) is 10.1. The number of carbonyl (C=O) groups is 2. The van der Waals surface area contributed by atoms with Crippen LogP contribution in [0.5, 0.6) is 0 Å². The van der Waals surface area contributed by atoms with E-state index in [0.29, 0.717) is 28.0 Å². The third-order valence-electron chi connectivity index (χ3n) is 4.85. The summed E-state index contributed by atoms with van der Waals surface area (Å²) in [5.74, 6) is -0.329. The lowest BCUT2D eigenvalue weighted by Crippen LogP contribution is -2.49. The fourth-order valence-corrected chi connectivity index (χ4v) is 3.69. The van der Waals surface area contributed by atoms with Crippen LogP contribution >= 0.6 is 34.8 Å². The zero-order valence-corrected chi connectivity index (χ0v) is 19.5. The smallest absolute Gasteiger partial charge is 0.242 e. The van der Waals surface area contributed by atoms with Gasteiger partial charge in [0.05, 0.1) is 16.5 Å². The molecule has 0 aliphatic carbocycles. The summed E-state index contributed by atoms with van der Waals surface area (Å²) in [5, 5.41) is 4.33. The molecule has 4 nitrogen and oxygen atoms in total. The molecular weight excluding hydrogens is 443 g/mol. The molecule has 0 saturated heterocycles. The number of amides is 2. The third kappa shape index (κ3) is 6.90. The molecule has 0 fully saturated rings. The highest BCUT2D eigenvalue weighted by Crippen LogP contribution is 2.25. The SMILES string of the molecule is CCCCNC(=O)[C@@H](CC)N(Cc1ccc(Cl)c(Cl)c1)C(=O)Cc1ccccc1Cl. The second kappa shape index (κ2) is 12.2. The molecule has 1 atom stereocenters. The molecule has 1 N–H and O–H groups in total. The largest absolute Gasteiger partial charge is 0.354 e. The summed E-state index contributed by atoms with van der Waals surface area (Å²) in [4.78, 5) is 27.7. The molecule has 0 heterocycles. The molecule has 2 amide bonds. The van der Waals surface area contributed by atoms with E-state index in [0.717, 1.165) is 24.0 Å². The number of rotatable bonds is 10. The standard InChI is InChI=1S/C23H27Cl3N2O2/c1-3-5-12-27-23(30)21(4-2)28(15-16-10-11-19(25)20(26)13-16)22(29)14-17-8-6-7-9-18(17)24/h6-11,13,21H,3-5,12,14-15H2,1-2H3,(H,27,30)/t21-/m1/s1. The molecular formula is C23H27Cl3N2O2. The van der Waals surface area contributed by atoms with Crippen LogP contribution in [0.2, 0.25) is 15.1 Å². The topological polar surface area (TPSA) is 49.4 Å². The van der Waals surface area contributed by atoms with Gasteiger partial charge in [-0.05, 0) is 42.2 Å². The van der Waals surface area contributed by atoms with Gasteiger partial charge in [0.1, 0.15) is 6.04 Å². The summed E-state index contributed by atoms with van der Waals surface area (Å²) >= 11 is 18.4. The van der Waals surface area contributed by atoms with Gasteiger partial charge in [-0.2, -0.15) is 0 Å². The van der Waals surface area contributed by atoms with Crippen molar-refractivity contribution in [2.75, 3.05) is 6.54 Å². The van der Waals surface area contributed by atoms with Crippen LogP contribution < -0.4 is 5.32 Å². The molecule has 0 saturated carbocycles. The summed E-state index contributed by atoms with van der Waals surface area (Å²) in [6.45, 7) is 4.80. The number of hydrogen-bond donors (Lipinski definition) is 1. The van der Waals surface area contributed by atoms with E-state index in [1.807, 2.05) is 31.2 Å². The zero-order valence-electron chi connectivity index (χ0n) is 17.3. The van der Waals surface area contributed by atoms with Crippen LogP contribution in [0.3, 0.4) is 0 Å². The maximum Gasteiger partial charge on any atom is 0.242 e. The molecule has 0 bridgehead atoms. The van der Waals surface area contributed by atoms with Crippen molar-refractivity contribution >= 4 is 46.6 Å². The zero-order chi connectivity index (χ0) is 22.1.